The number of likely N-dealkylation sites (N-methyl/N-ethyl adjacent to an activating group) is 1. The molecule has 0 aliphatic carbocycles. The van der Waals surface area contributed by atoms with Gasteiger partial charge in [0.2, 0.25) is 21.9 Å². The summed E-state index contributed by atoms with van der Waals surface area (Å²) in [6, 6.07) is 12.8. The molecule has 2 N–H and O–H groups in total. The van der Waals surface area contributed by atoms with E-state index in [1.54, 1.807) is 43.7 Å². The molecule has 0 bridgehead atoms. The van der Waals surface area contributed by atoms with Gasteiger partial charge in [0.25, 0.3) is 0 Å². The molecule has 1 amide bonds. The third kappa shape index (κ3) is 5.31. The van der Waals surface area contributed by atoms with Crippen molar-refractivity contribution in [1.29, 1.82) is 0 Å². The van der Waals surface area contributed by atoms with Gasteiger partial charge in [0.05, 0.1) is 40.9 Å². The van der Waals surface area contributed by atoms with Crippen molar-refractivity contribution in [2.45, 2.75) is 13.5 Å². The summed E-state index contributed by atoms with van der Waals surface area (Å²) < 4.78 is 28.7. The number of fused-ring (bicyclic) bond motifs is 2. The number of nitrogens with one attached hydrogen (secondary N) is 2. The molecule has 2 aromatic carbocycles. The first-order chi connectivity index (χ1) is 19.2. The minimum atomic E-state index is -3.51. The number of carbonyl (C=O) groups is 1. The number of amides is 1. The summed E-state index contributed by atoms with van der Waals surface area (Å²) in [5.41, 5.74) is 3.84. The molecule has 11 nitrogen and oxygen atoms in total. The molecule has 0 fully saturated rings. The van der Waals surface area contributed by atoms with Crippen molar-refractivity contribution in [3.8, 4) is 11.3 Å². The lowest BCUT2D eigenvalue weighted by molar-refractivity contribution is -0.111. The molecule has 12 heteroatoms. The van der Waals surface area contributed by atoms with Gasteiger partial charge in [0, 0.05) is 41.0 Å². The Morgan fingerprint density at radius 2 is 1.98 bits per heavy atom. The second-order valence-corrected chi connectivity index (χ2v) is 11.6. The van der Waals surface area contributed by atoms with Gasteiger partial charge < -0.3 is 15.5 Å². The standard InChI is InChI=1S/C28H30N8O3S/c1-5-26(37)32-24-16-20(15-19-17-30-35(27(19)24)14-13-34(3)4)31-28-29-12-11-23(33-28)22-18-36(40(38,39)6-2)25-10-8-7-9-21(22)25/h5,7-12,15-18H,1,6,13-14H2,2-4H3,(H,32,37)(H,29,31,33). The Hall–Kier alpha value is -4.55. The fraction of sp³-hybridized carbons (Fsp3) is 0.214. The first kappa shape index (κ1) is 27.0. The Kier molecular flexibility index (Phi) is 7.37. The van der Waals surface area contributed by atoms with E-state index in [4.69, 9.17) is 4.98 Å². The molecule has 0 unspecified atom stereocenters. The normalized spacial score (nSPS) is 11.8. The van der Waals surface area contributed by atoms with Crippen molar-refractivity contribution >= 4 is 55.1 Å². The van der Waals surface area contributed by atoms with Crippen LogP contribution < -0.4 is 10.6 Å². The molecule has 206 valence electrons. The highest BCUT2D eigenvalue weighted by molar-refractivity contribution is 7.90. The molecule has 3 aromatic heterocycles. The van der Waals surface area contributed by atoms with Gasteiger partial charge in [-0.1, -0.05) is 24.8 Å². The van der Waals surface area contributed by atoms with Crippen LogP contribution in [0.3, 0.4) is 0 Å². The molecule has 0 atom stereocenters. The van der Waals surface area contributed by atoms with E-state index in [1.165, 1.54) is 10.0 Å². The summed E-state index contributed by atoms with van der Waals surface area (Å²) in [5, 5.41) is 12.2. The highest BCUT2D eigenvalue weighted by Gasteiger charge is 2.19. The molecular weight excluding hydrogens is 528 g/mol. The van der Waals surface area contributed by atoms with E-state index in [1.807, 2.05) is 43.0 Å². The summed E-state index contributed by atoms with van der Waals surface area (Å²) in [4.78, 5) is 23.4. The molecule has 5 rings (SSSR count). The average molecular weight is 559 g/mol. The van der Waals surface area contributed by atoms with E-state index < -0.39 is 10.0 Å². The fourth-order valence-corrected chi connectivity index (χ4v) is 5.47. The molecule has 0 aliphatic rings. The van der Waals surface area contributed by atoms with Gasteiger partial charge in [0.1, 0.15) is 0 Å². The topological polar surface area (TPSA) is 127 Å². The second-order valence-electron chi connectivity index (χ2n) is 9.47. The SMILES string of the molecule is C=CC(=O)Nc1cc(Nc2nccc(-c3cn(S(=O)(=O)CC)c4ccccc34)n2)cc2cnn(CCN(C)C)c12. The smallest absolute Gasteiger partial charge is 0.247 e. The van der Waals surface area contributed by atoms with Crippen LogP contribution in [-0.4, -0.2) is 69.3 Å². The second kappa shape index (κ2) is 10.9. The lowest BCUT2D eigenvalue weighted by Crippen LogP contribution is -2.19. The Labute approximate surface area is 232 Å². The first-order valence-electron chi connectivity index (χ1n) is 12.7. The number of para-hydroxylation sites is 1. The number of hydrogen-bond acceptors (Lipinski definition) is 8. The van der Waals surface area contributed by atoms with Gasteiger partial charge in [-0.2, -0.15) is 5.10 Å². The average Bonchev–Trinajstić information content (AvgIpc) is 3.54. The summed E-state index contributed by atoms with van der Waals surface area (Å²) in [5.74, 6) is -0.0517. The largest absolute Gasteiger partial charge is 0.324 e. The minimum absolute atomic E-state index is 0.0272. The van der Waals surface area contributed by atoms with Crippen LogP contribution in [0.2, 0.25) is 0 Å². The molecule has 0 saturated carbocycles. The number of benzene rings is 2. The van der Waals surface area contributed by atoms with Gasteiger partial charge in [-0.3, -0.25) is 9.48 Å². The quantitative estimate of drug-likeness (QED) is 0.246. The summed E-state index contributed by atoms with van der Waals surface area (Å²) in [6.45, 7) is 6.60. The van der Waals surface area contributed by atoms with E-state index in [0.717, 1.165) is 22.8 Å². The van der Waals surface area contributed by atoms with Crippen LogP contribution in [0.25, 0.3) is 33.1 Å². The van der Waals surface area contributed by atoms with Crippen LogP contribution in [0.1, 0.15) is 6.92 Å². The molecule has 0 radical (unpaired) electrons. The monoisotopic (exact) mass is 558 g/mol. The van der Waals surface area contributed by atoms with Gasteiger partial charge in [-0.05, 0) is 51.4 Å². The van der Waals surface area contributed by atoms with E-state index in [-0.39, 0.29) is 11.7 Å². The summed E-state index contributed by atoms with van der Waals surface area (Å²) >= 11 is 0. The van der Waals surface area contributed by atoms with Crippen molar-refractivity contribution in [3.63, 3.8) is 0 Å². The fourth-order valence-electron chi connectivity index (χ4n) is 4.47. The Morgan fingerprint density at radius 3 is 2.73 bits per heavy atom. The highest BCUT2D eigenvalue weighted by Crippen LogP contribution is 2.33. The van der Waals surface area contributed by atoms with E-state index in [2.05, 4.69) is 32.2 Å². The van der Waals surface area contributed by atoms with Crippen LogP contribution in [0.15, 0.2) is 73.7 Å². The molecule has 0 spiro atoms. The molecule has 0 saturated heterocycles. The molecule has 3 heterocycles. The number of carbonyl (C=O) groups excluding carboxylic acids is 1. The number of hydrogen-bond donors (Lipinski definition) is 2. The molecule has 40 heavy (non-hydrogen) atoms. The maximum absolute atomic E-state index is 12.8. The number of rotatable bonds is 10. The van der Waals surface area contributed by atoms with Crippen LogP contribution in [0.4, 0.5) is 17.3 Å². The third-order valence-corrected chi connectivity index (χ3v) is 8.10. The Balaban J connectivity index is 1.54. The van der Waals surface area contributed by atoms with Gasteiger partial charge >= 0.3 is 0 Å². The predicted octanol–water partition coefficient (Wildman–Crippen LogP) is 4.08. The third-order valence-electron chi connectivity index (χ3n) is 6.47. The number of anilines is 3. The van der Waals surface area contributed by atoms with Crippen LogP contribution >= 0.6 is 0 Å². The van der Waals surface area contributed by atoms with Gasteiger partial charge in [-0.25, -0.2) is 22.4 Å². The molecular formula is C28H30N8O3S. The van der Waals surface area contributed by atoms with Crippen molar-refractivity contribution in [2.24, 2.45) is 0 Å². The number of nitrogens with zero attached hydrogens (tertiary/aromatic N) is 6. The van der Waals surface area contributed by atoms with E-state index in [9.17, 15) is 13.2 Å². The summed E-state index contributed by atoms with van der Waals surface area (Å²) in [6.07, 6.45) is 6.18. The van der Waals surface area contributed by atoms with Crippen LogP contribution in [0.5, 0.6) is 0 Å². The van der Waals surface area contributed by atoms with Crippen molar-refractivity contribution in [3.05, 3.63) is 73.7 Å². The van der Waals surface area contributed by atoms with Gasteiger partial charge in [-0.15, -0.1) is 0 Å². The zero-order chi connectivity index (χ0) is 28.4. The van der Waals surface area contributed by atoms with Crippen LogP contribution in [-0.2, 0) is 21.4 Å². The van der Waals surface area contributed by atoms with Crippen molar-refractivity contribution in [2.75, 3.05) is 37.0 Å². The minimum Gasteiger partial charge on any atom is -0.324 e. The Bertz CT molecular complexity index is 1840. The lowest BCUT2D eigenvalue weighted by Gasteiger charge is -2.14. The highest BCUT2D eigenvalue weighted by atomic mass is 32.2. The number of aromatic nitrogens is 5. The van der Waals surface area contributed by atoms with Crippen LogP contribution in [0, 0.1) is 0 Å². The van der Waals surface area contributed by atoms with Crippen molar-refractivity contribution in [1.82, 2.24) is 28.6 Å². The molecule has 5 aromatic rings. The van der Waals surface area contributed by atoms with Gasteiger partial charge in [0.15, 0.2) is 0 Å². The summed E-state index contributed by atoms with van der Waals surface area (Å²) in [7, 11) is 0.468. The predicted molar refractivity (Wildman–Crippen MR) is 158 cm³/mol. The Morgan fingerprint density at radius 1 is 1.18 bits per heavy atom. The zero-order valence-corrected chi connectivity index (χ0v) is 23.3. The van der Waals surface area contributed by atoms with E-state index in [0.29, 0.717) is 40.6 Å². The maximum atomic E-state index is 12.8. The lowest BCUT2D eigenvalue weighted by atomic mass is 10.1. The van der Waals surface area contributed by atoms with E-state index >= 15 is 0 Å². The first-order valence-corrected chi connectivity index (χ1v) is 14.3. The molecule has 0 aliphatic heterocycles. The maximum Gasteiger partial charge on any atom is 0.247 e. The van der Waals surface area contributed by atoms with Crippen molar-refractivity contribution < 1.29 is 13.2 Å². The zero-order valence-electron chi connectivity index (χ0n) is 22.5.